The van der Waals surface area contributed by atoms with Crippen LogP contribution in [0.3, 0.4) is 0 Å². The highest BCUT2D eigenvalue weighted by molar-refractivity contribution is 5.70. The van der Waals surface area contributed by atoms with Gasteiger partial charge in [-0.05, 0) is 32.1 Å². The van der Waals surface area contributed by atoms with Crippen LogP contribution in [-0.4, -0.2) is 70.0 Å². The minimum atomic E-state index is -1.09. The number of carbonyl (C=O) groups is 2. The molecule has 4 atom stereocenters. The van der Waals surface area contributed by atoms with Crippen molar-refractivity contribution >= 4 is 11.9 Å². The van der Waals surface area contributed by atoms with Crippen molar-refractivity contribution in [3.63, 3.8) is 0 Å². The molecule has 0 aliphatic rings. The molecule has 4 N–H and O–H groups in total. The largest absolute Gasteiger partial charge is 0.462 e. The van der Waals surface area contributed by atoms with Gasteiger partial charge >= 0.3 is 11.9 Å². The molecule has 0 heterocycles. The number of rotatable bonds is 27. The molecular formula is C35H58O8. The van der Waals surface area contributed by atoms with Gasteiger partial charge in [0.2, 0.25) is 0 Å². The van der Waals surface area contributed by atoms with Gasteiger partial charge in [-0.3, -0.25) is 9.59 Å². The third-order valence-corrected chi connectivity index (χ3v) is 6.67. The average molecular weight is 607 g/mol. The summed E-state index contributed by atoms with van der Waals surface area (Å²) in [4.78, 5) is 24.1. The molecule has 8 heteroatoms. The lowest BCUT2D eigenvalue weighted by atomic mass is 10.1. The van der Waals surface area contributed by atoms with Crippen LogP contribution in [0, 0.1) is 0 Å². The molecule has 0 bridgehead atoms. The van der Waals surface area contributed by atoms with Gasteiger partial charge in [-0.15, -0.1) is 0 Å². The van der Waals surface area contributed by atoms with Crippen molar-refractivity contribution in [3.05, 3.63) is 60.8 Å². The summed E-state index contributed by atoms with van der Waals surface area (Å²) in [5, 5.41) is 39.5. The fourth-order valence-corrected chi connectivity index (χ4v) is 4.07. The molecular weight excluding hydrogens is 548 g/mol. The smallest absolute Gasteiger partial charge is 0.306 e. The number of esters is 2. The Morgan fingerprint density at radius 2 is 1.28 bits per heavy atom. The monoisotopic (exact) mass is 606 g/mol. The Kier molecular flexibility index (Phi) is 27.8. The van der Waals surface area contributed by atoms with E-state index in [0.29, 0.717) is 12.8 Å². The summed E-state index contributed by atoms with van der Waals surface area (Å²) in [5.74, 6) is -0.934. The van der Waals surface area contributed by atoms with Crippen LogP contribution in [0.5, 0.6) is 0 Å². The molecule has 0 rings (SSSR count). The zero-order valence-electron chi connectivity index (χ0n) is 26.5. The number of hydrogen-bond acceptors (Lipinski definition) is 8. The van der Waals surface area contributed by atoms with Crippen LogP contribution in [0.1, 0.15) is 110 Å². The van der Waals surface area contributed by atoms with E-state index >= 15 is 0 Å². The number of aliphatic hydroxyl groups is 4. The minimum Gasteiger partial charge on any atom is -0.462 e. The van der Waals surface area contributed by atoms with Crippen molar-refractivity contribution in [3.8, 4) is 0 Å². The quantitative estimate of drug-likeness (QED) is 0.0377. The Hall–Kier alpha value is -2.52. The topological polar surface area (TPSA) is 134 Å². The molecule has 43 heavy (non-hydrogen) atoms. The van der Waals surface area contributed by atoms with Gasteiger partial charge in [0.15, 0.2) is 6.10 Å². The van der Waals surface area contributed by atoms with Gasteiger partial charge in [-0.1, -0.05) is 126 Å². The lowest BCUT2D eigenvalue weighted by Gasteiger charge is -2.17. The lowest BCUT2D eigenvalue weighted by Crippen LogP contribution is -2.29. The van der Waals surface area contributed by atoms with Crippen LogP contribution in [0.25, 0.3) is 0 Å². The zero-order chi connectivity index (χ0) is 32.0. The second-order valence-corrected chi connectivity index (χ2v) is 10.7. The second kappa shape index (κ2) is 29.5. The summed E-state index contributed by atoms with van der Waals surface area (Å²) in [5.41, 5.74) is 0. The van der Waals surface area contributed by atoms with E-state index < -0.39 is 37.0 Å². The van der Waals surface area contributed by atoms with E-state index in [1.165, 1.54) is 44.6 Å². The summed E-state index contributed by atoms with van der Waals surface area (Å²) in [6.45, 7) is 3.60. The fraction of sp³-hybridized carbons (Fsp3) is 0.657. The highest BCUT2D eigenvalue weighted by Crippen LogP contribution is 2.12. The number of aliphatic hydroxyl groups excluding tert-OH is 4. The van der Waals surface area contributed by atoms with Crippen molar-refractivity contribution in [1.29, 1.82) is 0 Å². The third kappa shape index (κ3) is 26.8. The second-order valence-electron chi connectivity index (χ2n) is 10.7. The SMILES string of the molecule is CC/C=C\C[C@H](O)/C=C/C=C/C=C\C=C/[C@@H](O)[C@H](O)CCCC(=O)O[C@@H](CO)COC(=O)CCCCCCCCCCC. The number of ether oxygens (including phenoxy) is 2. The fourth-order valence-electron chi connectivity index (χ4n) is 4.07. The van der Waals surface area contributed by atoms with Gasteiger partial charge in [0.05, 0.1) is 24.9 Å². The minimum absolute atomic E-state index is 0.00180. The molecule has 0 spiro atoms. The molecule has 8 nitrogen and oxygen atoms in total. The van der Waals surface area contributed by atoms with E-state index in [4.69, 9.17) is 9.47 Å². The molecule has 0 aliphatic carbocycles. The highest BCUT2D eigenvalue weighted by atomic mass is 16.6. The predicted octanol–water partition coefficient (Wildman–Crippen LogP) is 6.19. The van der Waals surface area contributed by atoms with E-state index in [0.717, 1.165) is 25.7 Å². The Balaban J connectivity index is 4.07. The first-order chi connectivity index (χ1) is 20.8. The maximum Gasteiger partial charge on any atom is 0.306 e. The van der Waals surface area contributed by atoms with Crippen LogP contribution >= 0.6 is 0 Å². The number of carbonyl (C=O) groups excluding carboxylic acids is 2. The molecule has 246 valence electrons. The molecule has 0 saturated carbocycles. The molecule has 0 aromatic rings. The molecule has 0 amide bonds. The molecule has 0 saturated heterocycles. The van der Waals surface area contributed by atoms with E-state index in [-0.39, 0.29) is 31.8 Å². The first-order valence-electron chi connectivity index (χ1n) is 16.2. The summed E-state index contributed by atoms with van der Waals surface area (Å²) >= 11 is 0. The zero-order valence-corrected chi connectivity index (χ0v) is 26.5. The van der Waals surface area contributed by atoms with Crippen LogP contribution in [-0.2, 0) is 19.1 Å². The summed E-state index contributed by atoms with van der Waals surface area (Å²) in [6.07, 6.45) is 26.6. The average Bonchev–Trinajstić information content (AvgIpc) is 2.99. The van der Waals surface area contributed by atoms with E-state index in [1.807, 2.05) is 19.1 Å². The normalized spacial score (nSPS) is 15.2. The van der Waals surface area contributed by atoms with Crippen LogP contribution in [0.4, 0.5) is 0 Å². The maximum absolute atomic E-state index is 12.1. The Morgan fingerprint density at radius 1 is 0.698 bits per heavy atom. The van der Waals surface area contributed by atoms with Gasteiger partial charge in [0.25, 0.3) is 0 Å². The summed E-state index contributed by atoms with van der Waals surface area (Å²) in [7, 11) is 0. The van der Waals surface area contributed by atoms with Gasteiger partial charge in [-0.25, -0.2) is 0 Å². The molecule has 0 radical (unpaired) electrons. The Bertz CT molecular complexity index is 830. The lowest BCUT2D eigenvalue weighted by molar-refractivity contribution is -0.161. The number of allylic oxidation sites excluding steroid dienone is 7. The standard InChI is InChI=1S/C35H58O8/c1-3-5-7-8-9-10-11-16-20-26-34(40)42-29-31(28-36)43-35(41)27-21-25-33(39)32(38)24-19-15-13-12-14-18-23-30(37)22-17-6-4-2/h6,12-15,17-19,23-24,30-33,36-39H,3-5,7-11,16,20-22,25-29H2,1-2H3/b14-12+,15-13-,17-6-,23-18+,24-19-/t30-,31-,32+,33+/m0/s1. The van der Waals surface area contributed by atoms with E-state index in [2.05, 4.69) is 6.92 Å². The summed E-state index contributed by atoms with van der Waals surface area (Å²) < 4.78 is 10.3. The molecule has 0 aromatic heterocycles. The molecule has 0 aromatic carbocycles. The van der Waals surface area contributed by atoms with Crippen LogP contribution < -0.4 is 0 Å². The predicted molar refractivity (Wildman–Crippen MR) is 172 cm³/mol. The maximum atomic E-state index is 12.1. The van der Waals surface area contributed by atoms with Gasteiger partial charge in [-0.2, -0.15) is 0 Å². The van der Waals surface area contributed by atoms with Crippen molar-refractivity contribution < 1.29 is 39.5 Å². The van der Waals surface area contributed by atoms with E-state index in [1.54, 1.807) is 42.5 Å². The van der Waals surface area contributed by atoms with E-state index in [9.17, 15) is 30.0 Å². The van der Waals surface area contributed by atoms with Gasteiger partial charge < -0.3 is 29.9 Å². The molecule has 0 fully saturated rings. The van der Waals surface area contributed by atoms with Crippen LogP contribution in [0.2, 0.25) is 0 Å². The van der Waals surface area contributed by atoms with Crippen molar-refractivity contribution in [2.75, 3.05) is 13.2 Å². The Labute approximate surface area is 259 Å². The van der Waals surface area contributed by atoms with Crippen LogP contribution in [0.15, 0.2) is 60.8 Å². The third-order valence-electron chi connectivity index (χ3n) is 6.67. The summed E-state index contributed by atoms with van der Waals surface area (Å²) in [6, 6.07) is 0. The van der Waals surface area contributed by atoms with Gasteiger partial charge in [0.1, 0.15) is 6.61 Å². The Morgan fingerprint density at radius 3 is 1.91 bits per heavy atom. The number of hydrogen-bond donors (Lipinski definition) is 4. The van der Waals surface area contributed by atoms with Crippen molar-refractivity contribution in [2.45, 2.75) is 135 Å². The molecule has 0 aliphatic heterocycles. The van der Waals surface area contributed by atoms with Gasteiger partial charge in [0, 0.05) is 12.8 Å². The van der Waals surface area contributed by atoms with Crippen molar-refractivity contribution in [1.82, 2.24) is 0 Å². The first-order valence-corrected chi connectivity index (χ1v) is 16.2. The molecule has 0 unspecified atom stereocenters. The van der Waals surface area contributed by atoms with Crippen molar-refractivity contribution in [2.24, 2.45) is 0 Å². The number of unbranched alkanes of at least 4 members (excludes halogenated alkanes) is 8. The highest BCUT2D eigenvalue weighted by Gasteiger charge is 2.18. The first kappa shape index (κ1) is 40.5.